The monoisotopic (exact) mass is 314 g/mol. The molecule has 0 spiro atoms. The Labute approximate surface area is 107 Å². The quantitative estimate of drug-likeness (QED) is 0.524. The van der Waals surface area contributed by atoms with Crippen LogP contribution in [-0.2, 0) is 11.5 Å². The van der Waals surface area contributed by atoms with E-state index in [1.165, 1.54) is 11.8 Å². The number of thioether (sulfide) groups is 1. The number of rotatable bonds is 2. The molecule has 0 unspecified atom stereocenters. The SMILES string of the molecule is CC.CSc1cc(CBr)cc(C(F)(F)F)c1. The molecule has 0 aliphatic heterocycles. The largest absolute Gasteiger partial charge is 0.416 e. The Morgan fingerprint density at radius 1 is 1.19 bits per heavy atom. The molecule has 0 atom stereocenters. The summed E-state index contributed by atoms with van der Waals surface area (Å²) < 4.78 is 37.2. The predicted molar refractivity (Wildman–Crippen MR) is 67.2 cm³/mol. The second-order valence-corrected chi connectivity index (χ2v) is 4.14. The minimum Gasteiger partial charge on any atom is -0.166 e. The lowest BCUT2D eigenvalue weighted by Crippen LogP contribution is -2.05. The average molecular weight is 315 g/mol. The lowest BCUT2D eigenvalue weighted by Gasteiger charge is -2.09. The van der Waals surface area contributed by atoms with E-state index in [2.05, 4.69) is 15.9 Å². The van der Waals surface area contributed by atoms with E-state index in [1.54, 1.807) is 12.3 Å². The van der Waals surface area contributed by atoms with Gasteiger partial charge in [-0.2, -0.15) is 13.2 Å². The molecule has 1 rings (SSSR count). The van der Waals surface area contributed by atoms with Gasteiger partial charge in [0.2, 0.25) is 0 Å². The molecule has 1 aromatic rings. The molecule has 0 amide bonds. The predicted octanol–water partition coefficient (Wildman–Crippen LogP) is 5.35. The summed E-state index contributed by atoms with van der Waals surface area (Å²) in [6.45, 7) is 4.00. The second kappa shape index (κ2) is 7.22. The Hall–Kier alpha value is -0.160. The van der Waals surface area contributed by atoms with Crippen LogP contribution in [0, 0.1) is 0 Å². The van der Waals surface area contributed by atoms with E-state index < -0.39 is 11.7 Å². The maximum absolute atomic E-state index is 12.4. The first-order valence-electron chi connectivity index (χ1n) is 4.78. The van der Waals surface area contributed by atoms with Gasteiger partial charge in [-0.1, -0.05) is 29.8 Å². The fourth-order valence-electron chi connectivity index (χ4n) is 1.02. The first-order chi connectivity index (χ1) is 7.47. The van der Waals surface area contributed by atoms with E-state index in [-0.39, 0.29) is 0 Å². The van der Waals surface area contributed by atoms with E-state index in [4.69, 9.17) is 0 Å². The van der Waals surface area contributed by atoms with Crippen molar-refractivity contribution in [2.24, 2.45) is 0 Å². The molecule has 0 aliphatic carbocycles. The average Bonchev–Trinajstić information content (AvgIpc) is 2.29. The number of hydrogen-bond donors (Lipinski definition) is 0. The lowest BCUT2D eigenvalue weighted by molar-refractivity contribution is -0.137. The first kappa shape index (κ1) is 15.8. The molecular weight excluding hydrogens is 301 g/mol. The number of halogens is 4. The van der Waals surface area contributed by atoms with Gasteiger partial charge in [0.1, 0.15) is 0 Å². The van der Waals surface area contributed by atoms with Crippen LogP contribution in [0.2, 0.25) is 0 Å². The Balaban J connectivity index is 0.00000106. The van der Waals surface area contributed by atoms with Gasteiger partial charge in [0, 0.05) is 10.2 Å². The molecule has 0 nitrogen and oxygen atoms in total. The Morgan fingerprint density at radius 2 is 1.75 bits per heavy atom. The van der Waals surface area contributed by atoms with Crippen molar-refractivity contribution in [1.82, 2.24) is 0 Å². The molecule has 92 valence electrons. The van der Waals surface area contributed by atoms with Crippen LogP contribution in [0.25, 0.3) is 0 Å². The maximum atomic E-state index is 12.4. The van der Waals surface area contributed by atoms with Gasteiger partial charge >= 0.3 is 6.18 Å². The van der Waals surface area contributed by atoms with Crippen LogP contribution in [0.3, 0.4) is 0 Å². The van der Waals surface area contributed by atoms with Gasteiger partial charge in [0.25, 0.3) is 0 Å². The zero-order valence-corrected chi connectivity index (χ0v) is 11.8. The minimum atomic E-state index is -4.26. The lowest BCUT2D eigenvalue weighted by atomic mass is 10.1. The molecule has 0 heterocycles. The molecule has 1 aromatic carbocycles. The summed E-state index contributed by atoms with van der Waals surface area (Å²) in [7, 11) is 0. The molecule has 0 N–H and O–H groups in total. The van der Waals surface area contributed by atoms with Crippen LogP contribution < -0.4 is 0 Å². The van der Waals surface area contributed by atoms with Crippen LogP contribution in [0.4, 0.5) is 13.2 Å². The highest BCUT2D eigenvalue weighted by Gasteiger charge is 2.30. The molecule has 0 radical (unpaired) electrons. The van der Waals surface area contributed by atoms with Crippen LogP contribution in [0.15, 0.2) is 23.1 Å². The highest BCUT2D eigenvalue weighted by Crippen LogP contribution is 2.33. The van der Waals surface area contributed by atoms with Gasteiger partial charge in [-0.25, -0.2) is 0 Å². The molecule has 5 heteroatoms. The highest BCUT2D eigenvalue weighted by atomic mass is 79.9. The normalized spacial score (nSPS) is 10.7. The van der Waals surface area contributed by atoms with Crippen molar-refractivity contribution in [3.8, 4) is 0 Å². The van der Waals surface area contributed by atoms with E-state index in [0.717, 1.165) is 12.1 Å². The van der Waals surface area contributed by atoms with E-state index in [0.29, 0.717) is 15.8 Å². The first-order valence-corrected chi connectivity index (χ1v) is 7.13. The van der Waals surface area contributed by atoms with E-state index >= 15 is 0 Å². The van der Waals surface area contributed by atoms with Crippen molar-refractivity contribution in [3.05, 3.63) is 29.3 Å². The zero-order valence-electron chi connectivity index (χ0n) is 9.36. The molecule has 0 saturated carbocycles. The number of hydrogen-bond acceptors (Lipinski definition) is 1. The van der Waals surface area contributed by atoms with Gasteiger partial charge in [0.05, 0.1) is 5.56 Å². The van der Waals surface area contributed by atoms with Crippen LogP contribution >= 0.6 is 27.7 Å². The van der Waals surface area contributed by atoms with Gasteiger partial charge in [0.15, 0.2) is 0 Å². The molecule has 16 heavy (non-hydrogen) atoms. The number of alkyl halides is 4. The van der Waals surface area contributed by atoms with Crippen molar-refractivity contribution >= 4 is 27.7 Å². The smallest absolute Gasteiger partial charge is 0.166 e. The van der Waals surface area contributed by atoms with Gasteiger partial charge < -0.3 is 0 Å². The van der Waals surface area contributed by atoms with Crippen LogP contribution in [-0.4, -0.2) is 6.26 Å². The van der Waals surface area contributed by atoms with Gasteiger partial charge in [-0.3, -0.25) is 0 Å². The van der Waals surface area contributed by atoms with E-state index in [1.807, 2.05) is 13.8 Å². The fourth-order valence-corrected chi connectivity index (χ4v) is 1.86. The fraction of sp³-hybridized carbons (Fsp3) is 0.455. The van der Waals surface area contributed by atoms with Crippen molar-refractivity contribution < 1.29 is 13.2 Å². The molecular formula is C11H14BrF3S. The Bertz CT molecular complexity index is 301. The zero-order chi connectivity index (χ0) is 12.8. The second-order valence-electron chi connectivity index (χ2n) is 2.70. The van der Waals surface area contributed by atoms with Crippen LogP contribution in [0.1, 0.15) is 25.0 Å². The Morgan fingerprint density at radius 3 is 2.12 bits per heavy atom. The molecule has 0 saturated heterocycles. The maximum Gasteiger partial charge on any atom is 0.416 e. The summed E-state index contributed by atoms with van der Waals surface area (Å²) >= 11 is 4.45. The molecule has 0 aliphatic rings. The van der Waals surface area contributed by atoms with E-state index in [9.17, 15) is 13.2 Å². The summed E-state index contributed by atoms with van der Waals surface area (Å²) in [5.74, 6) is 0. The summed E-state index contributed by atoms with van der Waals surface area (Å²) in [4.78, 5) is 0.634. The summed E-state index contributed by atoms with van der Waals surface area (Å²) in [5, 5.41) is 0.435. The summed E-state index contributed by atoms with van der Waals surface area (Å²) in [5.41, 5.74) is 0.0583. The molecule has 0 bridgehead atoms. The van der Waals surface area contributed by atoms with Crippen molar-refractivity contribution in [3.63, 3.8) is 0 Å². The molecule has 0 fully saturated rings. The summed E-state index contributed by atoms with van der Waals surface area (Å²) in [6.07, 6.45) is -2.50. The van der Waals surface area contributed by atoms with Crippen molar-refractivity contribution in [2.45, 2.75) is 30.2 Å². The van der Waals surface area contributed by atoms with Gasteiger partial charge in [-0.15, -0.1) is 11.8 Å². The Kier molecular flexibility index (Phi) is 7.15. The highest BCUT2D eigenvalue weighted by molar-refractivity contribution is 9.08. The molecule has 0 aromatic heterocycles. The standard InChI is InChI=1S/C9H8BrF3S.C2H6/c1-14-8-3-6(5-10)2-7(4-8)9(11,12)13;1-2/h2-4H,5H2,1H3;1-2H3. The third-order valence-corrected chi connectivity index (χ3v) is 3.04. The van der Waals surface area contributed by atoms with Crippen LogP contribution in [0.5, 0.6) is 0 Å². The third kappa shape index (κ3) is 4.78. The minimum absolute atomic E-state index is 0.435. The van der Waals surface area contributed by atoms with Crippen molar-refractivity contribution in [2.75, 3.05) is 6.26 Å². The van der Waals surface area contributed by atoms with Gasteiger partial charge in [-0.05, 0) is 30.0 Å². The van der Waals surface area contributed by atoms with Crippen molar-refractivity contribution in [1.29, 1.82) is 0 Å². The summed E-state index contributed by atoms with van der Waals surface area (Å²) in [6, 6.07) is 4.07. The number of benzene rings is 1. The third-order valence-electron chi connectivity index (χ3n) is 1.68. The topological polar surface area (TPSA) is 0 Å².